The summed E-state index contributed by atoms with van der Waals surface area (Å²) in [7, 11) is 0. The van der Waals surface area contributed by atoms with Crippen LogP contribution in [-0.4, -0.2) is 35.6 Å². The Morgan fingerprint density at radius 1 is 0.944 bits per heavy atom. The lowest BCUT2D eigenvalue weighted by Crippen LogP contribution is -2.09. The van der Waals surface area contributed by atoms with Gasteiger partial charge in [-0.1, -0.05) is 11.8 Å². The van der Waals surface area contributed by atoms with Crippen molar-refractivity contribution >= 4 is 0 Å². The monoisotopic (exact) mass is 254 g/mol. The molecular formula is C14H22O4. The second kappa shape index (κ2) is 9.58. The molecule has 0 aliphatic heterocycles. The van der Waals surface area contributed by atoms with Crippen molar-refractivity contribution in [3.05, 3.63) is 23.7 Å². The van der Waals surface area contributed by atoms with Gasteiger partial charge in [-0.25, -0.2) is 0 Å². The van der Waals surface area contributed by atoms with Crippen LogP contribution in [0.2, 0.25) is 0 Å². The molecule has 0 aromatic rings. The Bertz CT molecular complexity index is 315. The van der Waals surface area contributed by atoms with Crippen LogP contribution in [-0.2, 0) is 9.47 Å². The van der Waals surface area contributed by atoms with E-state index in [0.29, 0.717) is 24.4 Å². The van der Waals surface area contributed by atoms with Crippen molar-refractivity contribution in [1.29, 1.82) is 0 Å². The molecule has 2 atom stereocenters. The van der Waals surface area contributed by atoms with Crippen molar-refractivity contribution in [3.63, 3.8) is 0 Å². The molecule has 0 aromatic heterocycles. The Hall–Kier alpha value is -1.44. The number of hydrogen-bond donors (Lipinski definition) is 2. The summed E-state index contributed by atoms with van der Waals surface area (Å²) in [6.45, 7) is 8.21. The molecule has 2 N–H and O–H groups in total. The fourth-order valence-electron chi connectivity index (χ4n) is 0.944. The Labute approximate surface area is 109 Å². The van der Waals surface area contributed by atoms with E-state index in [9.17, 15) is 10.2 Å². The zero-order valence-corrected chi connectivity index (χ0v) is 11.4. The largest absolute Gasteiger partial charge is 0.501 e. The SMILES string of the molecule is CCOC=C(C)C(O)C#CC(O)C(C)=COCC. The second-order valence-corrected chi connectivity index (χ2v) is 3.73. The fraction of sp³-hybridized carbons (Fsp3) is 0.571. The third-order valence-corrected chi connectivity index (χ3v) is 2.09. The molecule has 4 heteroatoms. The maximum atomic E-state index is 9.67. The molecule has 0 fully saturated rings. The van der Waals surface area contributed by atoms with Crippen molar-refractivity contribution in [2.45, 2.75) is 39.9 Å². The second-order valence-electron chi connectivity index (χ2n) is 3.73. The normalized spacial score (nSPS) is 15.4. The summed E-state index contributed by atoms with van der Waals surface area (Å²) in [4.78, 5) is 0. The van der Waals surface area contributed by atoms with Crippen LogP contribution in [0.5, 0.6) is 0 Å². The number of aliphatic hydroxyl groups is 2. The molecule has 2 unspecified atom stereocenters. The van der Waals surface area contributed by atoms with E-state index in [2.05, 4.69) is 11.8 Å². The van der Waals surface area contributed by atoms with Gasteiger partial charge in [-0.15, -0.1) is 0 Å². The Balaban J connectivity index is 4.47. The summed E-state index contributed by atoms with van der Waals surface area (Å²) < 4.78 is 10.1. The Morgan fingerprint density at radius 3 is 1.56 bits per heavy atom. The van der Waals surface area contributed by atoms with E-state index in [1.165, 1.54) is 12.5 Å². The van der Waals surface area contributed by atoms with Crippen LogP contribution in [0.1, 0.15) is 27.7 Å². The zero-order valence-electron chi connectivity index (χ0n) is 11.4. The fourth-order valence-corrected chi connectivity index (χ4v) is 0.944. The minimum atomic E-state index is -0.939. The van der Waals surface area contributed by atoms with Crippen molar-refractivity contribution in [2.75, 3.05) is 13.2 Å². The first-order chi connectivity index (χ1) is 8.52. The van der Waals surface area contributed by atoms with Gasteiger partial charge in [0, 0.05) is 11.1 Å². The highest BCUT2D eigenvalue weighted by Gasteiger charge is 2.05. The summed E-state index contributed by atoms with van der Waals surface area (Å²) in [5.74, 6) is 5.12. The lowest BCUT2D eigenvalue weighted by atomic mass is 10.1. The van der Waals surface area contributed by atoms with E-state index in [1.54, 1.807) is 13.8 Å². The van der Waals surface area contributed by atoms with E-state index >= 15 is 0 Å². The number of aliphatic hydroxyl groups excluding tert-OH is 2. The number of rotatable bonds is 6. The van der Waals surface area contributed by atoms with Crippen molar-refractivity contribution in [2.24, 2.45) is 0 Å². The molecule has 102 valence electrons. The van der Waals surface area contributed by atoms with Crippen molar-refractivity contribution in [1.82, 2.24) is 0 Å². The van der Waals surface area contributed by atoms with Gasteiger partial charge < -0.3 is 19.7 Å². The maximum Gasteiger partial charge on any atom is 0.139 e. The van der Waals surface area contributed by atoms with Gasteiger partial charge in [0.15, 0.2) is 0 Å². The van der Waals surface area contributed by atoms with E-state index < -0.39 is 12.2 Å². The minimum Gasteiger partial charge on any atom is -0.501 e. The molecule has 0 rings (SSSR count). The molecule has 0 aliphatic carbocycles. The first kappa shape index (κ1) is 16.6. The molecule has 18 heavy (non-hydrogen) atoms. The lowest BCUT2D eigenvalue weighted by Gasteiger charge is -2.06. The number of hydrogen-bond acceptors (Lipinski definition) is 4. The molecule has 0 radical (unpaired) electrons. The van der Waals surface area contributed by atoms with Crippen LogP contribution in [0, 0.1) is 11.8 Å². The summed E-state index contributed by atoms with van der Waals surface area (Å²) in [5, 5.41) is 19.3. The third kappa shape index (κ3) is 7.00. The van der Waals surface area contributed by atoms with Gasteiger partial charge in [0.2, 0.25) is 0 Å². The van der Waals surface area contributed by atoms with Crippen LogP contribution in [0.3, 0.4) is 0 Å². The Kier molecular flexibility index (Phi) is 8.81. The highest BCUT2D eigenvalue weighted by atomic mass is 16.5. The van der Waals surface area contributed by atoms with E-state index in [-0.39, 0.29) is 0 Å². The highest BCUT2D eigenvalue weighted by molar-refractivity contribution is 5.24. The zero-order chi connectivity index (χ0) is 14.0. The van der Waals surface area contributed by atoms with Gasteiger partial charge in [-0.2, -0.15) is 0 Å². The van der Waals surface area contributed by atoms with Crippen molar-refractivity contribution in [3.8, 4) is 11.8 Å². The first-order valence-corrected chi connectivity index (χ1v) is 5.96. The molecule has 0 heterocycles. The first-order valence-electron chi connectivity index (χ1n) is 5.96. The predicted molar refractivity (Wildman–Crippen MR) is 70.6 cm³/mol. The summed E-state index contributed by atoms with van der Waals surface area (Å²) in [6.07, 6.45) is 1.06. The molecule has 4 nitrogen and oxygen atoms in total. The molecule has 0 saturated carbocycles. The molecule has 0 aliphatic rings. The van der Waals surface area contributed by atoms with Gasteiger partial charge in [0.1, 0.15) is 12.2 Å². The molecule has 0 amide bonds. The average molecular weight is 254 g/mol. The van der Waals surface area contributed by atoms with Crippen LogP contribution >= 0.6 is 0 Å². The van der Waals surface area contributed by atoms with Gasteiger partial charge in [-0.3, -0.25) is 0 Å². The highest BCUT2D eigenvalue weighted by Crippen LogP contribution is 2.03. The molecular weight excluding hydrogens is 232 g/mol. The van der Waals surface area contributed by atoms with Crippen LogP contribution in [0.25, 0.3) is 0 Å². The van der Waals surface area contributed by atoms with Crippen LogP contribution in [0.15, 0.2) is 23.7 Å². The number of ether oxygens (including phenoxy) is 2. The van der Waals surface area contributed by atoms with E-state index in [0.717, 1.165) is 0 Å². The van der Waals surface area contributed by atoms with Gasteiger partial charge >= 0.3 is 0 Å². The quantitative estimate of drug-likeness (QED) is 0.558. The molecule has 0 saturated heterocycles. The van der Waals surface area contributed by atoms with Crippen molar-refractivity contribution < 1.29 is 19.7 Å². The average Bonchev–Trinajstić information content (AvgIpc) is 2.38. The lowest BCUT2D eigenvalue weighted by molar-refractivity contribution is 0.230. The maximum absolute atomic E-state index is 9.67. The minimum absolute atomic E-state index is 0.538. The molecule has 0 spiro atoms. The van der Waals surface area contributed by atoms with Gasteiger partial charge in [0.05, 0.1) is 25.7 Å². The molecule has 0 bridgehead atoms. The standard InChI is InChI=1S/C14H22O4/c1-5-17-9-11(3)13(15)7-8-14(16)12(4)10-18-6-2/h9-10,13-16H,5-6H2,1-4H3. The van der Waals surface area contributed by atoms with Crippen LogP contribution < -0.4 is 0 Å². The van der Waals surface area contributed by atoms with Gasteiger partial charge in [-0.05, 0) is 27.7 Å². The van der Waals surface area contributed by atoms with Gasteiger partial charge in [0.25, 0.3) is 0 Å². The Morgan fingerprint density at radius 2 is 1.28 bits per heavy atom. The molecule has 0 aromatic carbocycles. The summed E-state index contributed by atoms with van der Waals surface area (Å²) >= 11 is 0. The smallest absolute Gasteiger partial charge is 0.139 e. The summed E-state index contributed by atoms with van der Waals surface area (Å²) in [6, 6.07) is 0. The van der Waals surface area contributed by atoms with E-state index in [1.807, 2.05) is 13.8 Å². The topological polar surface area (TPSA) is 58.9 Å². The van der Waals surface area contributed by atoms with Crippen LogP contribution in [0.4, 0.5) is 0 Å². The predicted octanol–water partition coefficient (Wildman–Crippen LogP) is 1.59. The van der Waals surface area contributed by atoms with E-state index in [4.69, 9.17) is 9.47 Å². The summed E-state index contributed by atoms with van der Waals surface area (Å²) in [5.41, 5.74) is 1.20. The third-order valence-electron chi connectivity index (χ3n) is 2.09.